The third kappa shape index (κ3) is 5.03. The van der Waals surface area contributed by atoms with Crippen LogP contribution in [-0.4, -0.2) is 39.5 Å². The number of rotatable bonds is 6. The minimum atomic E-state index is -3.38. The molecule has 0 spiro atoms. The largest absolute Gasteiger partial charge is 0.303 e. The lowest BCUT2D eigenvalue weighted by atomic mass is 10.1. The smallest absolute Gasteiger partial charge is 0.250 e. The Morgan fingerprint density at radius 3 is 2.62 bits per heavy atom. The summed E-state index contributed by atoms with van der Waals surface area (Å²) in [6.45, 7) is 7.76. The SMILES string of the molecule is Cc1cc(S(=O)(=O)NCC(C)CN2CCCCC2)sc1Br. The second-order valence-corrected chi connectivity index (χ2v) is 10.2. The number of likely N-dealkylation sites (tertiary alicyclic amines) is 1. The fraction of sp³-hybridized carbons (Fsp3) is 0.714. The molecule has 7 heteroatoms. The van der Waals surface area contributed by atoms with Crippen molar-refractivity contribution in [3.05, 3.63) is 15.4 Å². The molecule has 0 amide bonds. The lowest BCUT2D eigenvalue weighted by Gasteiger charge is -2.29. The normalized spacial score (nSPS) is 18.8. The van der Waals surface area contributed by atoms with E-state index in [0.717, 1.165) is 29.0 Å². The average molecular weight is 395 g/mol. The van der Waals surface area contributed by atoms with E-state index in [0.29, 0.717) is 16.7 Å². The molecule has 21 heavy (non-hydrogen) atoms. The van der Waals surface area contributed by atoms with Crippen LogP contribution in [0.25, 0.3) is 0 Å². The fourth-order valence-corrected chi connectivity index (χ4v) is 5.97. The van der Waals surface area contributed by atoms with Gasteiger partial charge in [-0.2, -0.15) is 0 Å². The number of nitrogens with one attached hydrogen (secondary N) is 1. The van der Waals surface area contributed by atoms with Crippen LogP contribution in [-0.2, 0) is 10.0 Å². The number of sulfonamides is 1. The second-order valence-electron chi connectivity index (χ2n) is 5.84. The predicted octanol–water partition coefficient (Wildman–Crippen LogP) is 3.22. The van der Waals surface area contributed by atoms with Crippen molar-refractivity contribution in [3.63, 3.8) is 0 Å². The molecule has 120 valence electrons. The number of piperidine rings is 1. The Kier molecular flexibility index (Phi) is 6.25. The van der Waals surface area contributed by atoms with Crippen molar-refractivity contribution in [2.45, 2.75) is 37.3 Å². The molecule has 1 aliphatic rings. The van der Waals surface area contributed by atoms with Crippen molar-refractivity contribution in [2.75, 3.05) is 26.2 Å². The van der Waals surface area contributed by atoms with Gasteiger partial charge in [-0.3, -0.25) is 0 Å². The number of hydrogen-bond acceptors (Lipinski definition) is 4. The Labute approximate surface area is 140 Å². The van der Waals surface area contributed by atoms with Gasteiger partial charge >= 0.3 is 0 Å². The van der Waals surface area contributed by atoms with Crippen LogP contribution in [0.4, 0.5) is 0 Å². The molecular weight excluding hydrogens is 372 g/mol. The van der Waals surface area contributed by atoms with Crippen molar-refractivity contribution < 1.29 is 8.42 Å². The monoisotopic (exact) mass is 394 g/mol. The Morgan fingerprint density at radius 1 is 1.38 bits per heavy atom. The highest BCUT2D eigenvalue weighted by Crippen LogP contribution is 2.30. The molecule has 2 rings (SSSR count). The van der Waals surface area contributed by atoms with Gasteiger partial charge in [-0.1, -0.05) is 13.3 Å². The van der Waals surface area contributed by atoms with E-state index in [-0.39, 0.29) is 0 Å². The van der Waals surface area contributed by atoms with Gasteiger partial charge in [0, 0.05) is 13.1 Å². The molecule has 1 fully saturated rings. The maximum Gasteiger partial charge on any atom is 0.250 e. The third-order valence-corrected chi connectivity index (χ3v) is 7.77. The van der Waals surface area contributed by atoms with E-state index in [1.54, 1.807) is 6.07 Å². The Bertz CT molecular complexity index is 546. The topological polar surface area (TPSA) is 49.4 Å². The van der Waals surface area contributed by atoms with E-state index in [1.165, 1.54) is 30.6 Å². The van der Waals surface area contributed by atoms with Gasteiger partial charge in [-0.05, 0) is 66.3 Å². The van der Waals surface area contributed by atoms with Gasteiger partial charge in [-0.25, -0.2) is 13.1 Å². The molecule has 1 aliphatic heterocycles. The first-order chi connectivity index (χ1) is 9.88. The number of thiophene rings is 1. The Morgan fingerprint density at radius 2 is 2.05 bits per heavy atom. The summed E-state index contributed by atoms with van der Waals surface area (Å²) in [6.07, 6.45) is 3.85. The van der Waals surface area contributed by atoms with Gasteiger partial charge in [0.15, 0.2) is 0 Å². The molecule has 1 N–H and O–H groups in total. The molecule has 0 aromatic carbocycles. The van der Waals surface area contributed by atoms with Crippen LogP contribution in [0, 0.1) is 12.8 Å². The molecule has 2 heterocycles. The molecule has 0 bridgehead atoms. The zero-order chi connectivity index (χ0) is 15.5. The summed E-state index contributed by atoms with van der Waals surface area (Å²) in [6, 6.07) is 1.71. The summed E-state index contributed by atoms with van der Waals surface area (Å²) in [7, 11) is -3.38. The van der Waals surface area contributed by atoms with Crippen molar-refractivity contribution in [1.82, 2.24) is 9.62 Å². The average Bonchev–Trinajstić information content (AvgIpc) is 2.79. The Hall–Kier alpha value is 0.0500. The van der Waals surface area contributed by atoms with Gasteiger partial charge in [0.25, 0.3) is 0 Å². The van der Waals surface area contributed by atoms with Crippen LogP contribution in [0.3, 0.4) is 0 Å². The quantitative estimate of drug-likeness (QED) is 0.805. The first kappa shape index (κ1) is 17.4. The fourth-order valence-electron chi connectivity index (χ4n) is 2.53. The standard InChI is InChI=1S/C14H23BrN2O2S2/c1-11(10-17-6-4-3-5-7-17)9-16-21(18,19)13-8-12(2)14(15)20-13/h8,11,16H,3-7,9-10H2,1-2H3. The van der Waals surface area contributed by atoms with Crippen LogP contribution < -0.4 is 4.72 Å². The molecule has 1 saturated heterocycles. The first-order valence-electron chi connectivity index (χ1n) is 7.36. The summed E-state index contributed by atoms with van der Waals surface area (Å²) < 4.78 is 28.5. The summed E-state index contributed by atoms with van der Waals surface area (Å²) in [5, 5.41) is 0. The highest BCUT2D eigenvalue weighted by molar-refractivity contribution is 9.11. The van der Waals surface area contributed by atoms with E-state index >= 15 is 0 Å². The highest BCUT2D eigenvalue weighted by atomic mass is 79.9. The Balaban J connectivity index is 1.86. The van der Waals surface area contributed by atoms with Crippen LogP contribution in [0.5, 0.6) is 0 Å². The summed E-state index contributed by atoms with van der Waals surface area (Å²) in [5.74, 6) is 0.322. The second kappa shape index (κ2) is 7.55. The van der Waals surface area contributed by atoms with Gasteiger partial charge in [0.1, 0.15) is 4.21 Å². The van der Waals surface area contributed by atoms with Crippen LogP contribution in [0.1, 0.15) is 31.7 Å². The first-order valence-corrected chi connectivity index (χ1v) is 10.5. The summed E-state index contributed by atoms with van der Waals surface area (Å²) in [5.41, 5.74) is 0.960. The van der Waals surface area contributed by atoms with Gasteiger partial charge in [0.05, 0.1) is 3.79 Å². The highest BCUT2D eigenvalue weighted by Gasteiger charge is 2.20. The van der Waals surface area contributed by atoms with E-state index in [1.807, 2.05) is 6.92 Å². The zero-order valence-electron chi connectivity index (χ0n) is 12.6. The van der Waals surface area contributed by atoms with Crippen LogP contribution in [0.15, 0.2) is 14.1 Å². The maximum absolute atomic E-state index is 12.3. The minimum Gasteiger partial charge on any atom is -0.303 e. The molecule has 1 unspecified atom stereocenters. The maximum atomic E-state index is 12.3. The van der Waals surface area contributed by atoms with Crippen molar-refractivity contribution in [1.29, 1.82) is 0 Å². The molecule has 1 aromatic heterocycles. The van der Waals surface area contributed by atoms with Gasteiger partial charge in [-0.15, -0.1) is 11.3 Å². The molecular formula is C14H23BrN2O2S2. The number of hydrogen-bond donors (Lipinski definition) is 1. The molecule has 0 saturated carbocycles. The molecule has 1 atom stereocenters. The molecule has 1 aromatic rings. The zero-order valence-corrected chi connectivity index (χ0v) is 15.8. The molecule has 0 radical (unpaired) electrons. The molecule has 4 nitrogen and oxygen atoms in total. The van der Waals surface area contributed by atoms with Crippen molar-refractivity contribution in [2.24, 2.45) is 5.92 Å². The summed E-state index contributed by atoms with van der Waals surface area (Å²) >= 11 is 4.64. The number of halogens is 1. The molecule has 0 aliphatic carbocycles. The third-order valence-electron chi connectivity index (χ3n) is 3.74. The van der Waals surface area contributed by atoms with Gasteiger partial charge < -0.3 is 4.90 Å². The van der Waals surface area contributed by atoms with E-state index < -0.39 is 10.0 Å². The van der Waals surface area contributed by atoms with Gasteiger partial charge in [0.2, 0.25) is 10.0 Å². The summed E-state index contributed by atoms with van der Waals surface area (Å²) in [4.78, 5) is 2.44. The number of aryl methyl sites for hydroxylation is 1. The van der Waals surface area contributed by atoms with Crippen molar-refractivity contribution in [3.8, 4) is 0 Å². The lowest BCUT2D eigenvalue weighted by molar-refractivity contribution is 0.201. The predicted molar refractivity (Wildman–Crippen MR) is 91.4 cm³/mol. The lowest BCUT2D eigenvalue weighted by Crippen LogP contribution is -2.37. The number of nitrogens with zero attached hydrogens (tertiary/aromatic N) is 1. The van der Waals surface area contributed by atoms with E-state index in [9.17, 15) is 8.42 Å². The minimum absolute atomic E-state index is 0.322. The van der Waals surface area contributed by atoms with Crippen LogP contribution >= 0.6 is 27.3 Å². The van der Waals surface area contributed by atoms with E-state index in [4.69, 9.17) is 0 Å². The van der Waals surface area contributed by atoms with E-state index in [2.05, 4.69) is 32.5 Å². The van der Waals surface area contributed by atoms with Crippen molar-refractivity contribution >= 4 is 37.3 Å². The van der Waals surface area contributed by atoms with Crippen LogP contribution in [0.2, 0.25) is 0 Å².